The van der Waals surface area contributed by atoms with Gasteiger partial charge in [0.05, 0.1) is 0 Å². The topological polar surface area (TPSA) is 19.4 Å². The third-order valence-electron chi connectivity index (χ3n) is 24.9. The van der Waals surface area contributed by atoms with Crippen LogP contribution in [0.5, 0.6) is 0 Å². The van der Waals surface area contributed by atoms with Crippen molar-refractivity contribution in [1.82, 2.24) is 0 Å². The second-order valence-electron chi connectivity index (χ2n) is 35.4. The molecule has 0 amide bonds. The lowest BCUT2D eigenvalue weighted by Crippen LogP contribution is -2.10. The minimum absolute atomic E-state index is 1.04. The molecule has 6 nitrogen and oxygen atoms in total. The average Bonchev–Trinajstić information content (AvgIpc) is 0.837. The molecular weight excluding hydrogens is 1670 g/mol. The number of nitrogens with zero attached hydrogens (tertiary/aromatic N) is 6. The number of benzene rings is 18. The molecule has 0 aliphatic rings. The summed E-state index contributed by atoms with van der Waals surface area (Å²) in [5.41, 5.74) is 40.6. The van der Waals surface area contributed by atoms with E-state index in [1.165, 1.54) is 44.5 Å². The Bertz CT molecular complexity index is 6290. The molecule has 0 heterocycles. The summed E-state index contributed by atoms with van der Waals surface area (Å²) in [5, 5.41) is 0. The van der Waals surface area contributed by atoms with Crippen molar-refractivity contribution in [2.45, 2.75) is 55.4 Å². The molecule has 138 heavy (non-hydrogen) atoms. The van der Waals surface area contributed by atoms with Gasteiger partial charge in [-0.15, -0.1) is 0 Å². The van der Waals surface area contributed by atoms with Crippen molar-refractivity contribution < 1.29 is 0 Å². The average molecular weight is 1780 g/mol. The number of rotatable bonds is 31. The first-order chi connectivity index (χ1) is 67.6. The van der Waals surface area contributed by atoms with E-state index in [2.05, 4.69) is 619 Å². The fourth-order valence-corrected chi connectivity index (χ4v) is 17.0. The smallest absolute Gasteiger partial charge is 0.0462 e. The Morgan fingerprint density at radius 3 is 0.275 bits per heavy atom. The number of anilines is 18. The molecule has 0 aliphatic heterocycles. The van der Waals surface area contributed by atoms with Gasteiger partial charge in [-0.25, -0.2) is 0 Å². The quantitative estimate of drug-likeness (QED) is 0.0401. The first-order valence-electron chi connectivity index (χ1n) is 47.4. The molecule has 6 heteroatoms. The van der Waals surface area contributed by atoms with Crippen molar-refractivity contribution in [3.05, 3.63) is 574 Å². The number of aryl methyl sites for hydroxylation is 8. The van der Waals surface area contributed by atoms with Gasteiger partial charge in [0.2, 0.25) is 0 Å². The van der Waals surface area contributed by atoms with Crippen molar-refractivity contribution in [1.29, 1.82) is 0 Å². The maximum absolute atomic E-state index is 2.34. The van der Waals surface area contributed by atoms with E-state index in [0.717, 1.165) is 158 Å². The Balaban J connectivity index is 0.596. The minimum Gasteiger partial charge on any atom is -0.311 e. The van der Waals surface area contributed by atoms with E-state index in [9.17, 15) is 0 Å². The minimum atomic E-state index is 1.04. The van der Waals surface area contributed by atoms with Gasteiger partial charge in [-0.2, -0.15) is 0 Å². The van der Waals surface area contributed by atoms with Crippen molar-refractivity contribution in [3.63, 3.8) is 0 Å². The molecule has 0 aliphatic carbocycles. The Kier molecular flexibility index (Phi) is 28.8. The summed E-state index contributed by atoms with van der Waals surface area (Å²) in [6, 6.07) is 158. The van der Waals surface area contributed by atoms with Crippen molar-refractivity contribution in [2.75, 3.05) is 29.4 Å². The zero-order chi connectivity index (χ0) is 94.5. The molecule has 0 aromatic heterocycles. The van der Waals surface area contributed by atoms with E-state index >= 15 is 0 Å². The highest BCUT2D eigenvalue weighted by molar-refractivity contribution is 5.86. The van der Waals surface area contributed by atoms with Gasteiger partial charge in [0, 0.05) is 102 Å². The third-order valence-corrected chi connectivity index (χ3v) is 24.9. The van der Waals surface area contributed by atoms with Crippen LogP contribution in [0.2, 0.25) is 0 Å². The van der Waals surface area contributed by atoms with E-state index in [1.807, 2.05) is 0 Å². The monoisotopic (exact) mass is 1780 g/mol. The molecule has 0 bridgehead atoms. The van der Waals surface area contributed by atoms with Crippen LogP contribution in [0.15, 0.2) is 485 Å². The van der Waals surface area contributed by atoms with E-state index in [-0.39, 0.29) is 0 Å². The molecule has 670 valence electrons. The van der Waals surface area contributed by atoms with Crippen LogP contribution in [0.1, 0.15) is 89.0 Å². The lowest BCUT2D eigenvalue weighted by atomic mass is 10.0. The summed E-state index contributed by atoms with van der Waals surface area (Å²) >= 11 is 0. The first-order valence-corrected chi connectivity index (χ1v) is 47.4. The van der Waals surface area contributed by atoms with Crippen LogP contribution in [0.3, 0.4) is 0 Å². The van der Waals surface area contributed by atoms with Gasteiger partial charge in [-0.3, -0.25) is 0 Å². The van der Waals surface area contributed by atoms with Gasteiger partial charge in [0.15, 0.2) is 0 Å². The third kappa shape index (κ3) is 23.1. The van der Waals surface area contributed by atoms with Gasteiger partial charge < -0.3 is 29.4 Å². The SMILES string of the molecule is Cc1ccc(N(c2ccc(C)cc2)c2ccc(/C=C/C=C/c3ccc(N(c4ccc(/C=C/C=C/c5ccc(N(c6ccc(C)cc6)c6ccc(C)cc6)cc5)cc4)c4ccc(-c5ccc(N(c6ccc(/C=C/C=C/c7ccc(N(c8ccc(C)cc8)c8ccc(C)cc8)cc7)cc6)c6ccc(/C=C/C=C/c7ccc(N(c8ccc(C)cc8)c8ccc(C)cc8)cc7)cc6)cc5)cc4)cc3)cc2)cc1. The maximum Gasteiger partial charge on any atom is 0.0462 e. The molecule has 0 radical (unpaired) electrons. The Morgan fingerprint density at radius 2 is 0.181 bits per heavy atom. The Morgan fingerprint density at radius 1 is 0.101 bits per heavy atom. The fourth-order valence-electron chi connectivity index (χ4n) is 17.0. The van der Waals surface area contributed by atoms with Crippen LogP contribution in [0.25, 0.3) is 59.7 Å². The predicted octanol–water partition coefficient (Wildman–Crippen LogP) is 37.5. The van der Waals surface area contributed by atoms with Gasteiger partial charge in [-0.05, 0) is 329 Å². The molecule has 0 unspecified atom stereocenters. The zero-order valence-corrected chi connectivity index (χ0v) is 79.5. The highest BCUT2D eigenvalue weighted by Gasteiger charge is 2.21. The summed E-state index contributed by atoms with van der Waals surface area (Å²) in [5.74, 6) is 0. The first kappa shape index (κ1) is 91.2. The number of hydrogen-bond acceptors (Lipinski definition) is 6. The summed E-state index contributed by atoms with van der Waals surface area (Å²) in [6.07, 6.45) is 34.3. The summed E-state index contributed by atoms with van der Waals surface area (Å²) < 4.78 is 0. The molecule has 18 aromatic carbocycles. The largest absolute Gasteiger partial charge is 0.311 e. The second kappa shape index (κ2) is 43.6. The molecule has 18 rings (SSSR count). The summed E-state index contributed by atoms with van der Waals surface area (Å²) in [6.45, 7) is 17.0. The van der Waals surface area contributed by atoms with Crippen molar-refractivity contribution in [3.8, 4) is 11.1 Å². The van der Waals surface area contributed by atoms with E-state index in [4.69, 9.17) is 0 Å². The Labute approximate surface area is 815 Å². The second-order valence-corrected chi connectivity index (χ2v) is 35.4. The van der Waals surface area contributed by atoms with Crippen LogP contribution in [-0.4, -0.2) is 0 Å². The summed E-state index contributed by atoms with van der Waals surface area (Å²) in [4.78, 5) is 13.9. The van der Waals surface area contributed by atoms with Crippen LogP contribution in [0.4, 0.5) is 102 Å². The molecule has 0 saturated heterocycles. The lowest BCUT2D eigenvalue weighted by Gasteiger charge is -2.26. The normalized spacial score (nSPS) is 11.7. The van der Waals surface area contributed by atoms with Gasteiger partial charge in [0.25, 0.3) is 0 Å². The van der Waals surface area contributed by atoms with E-state index in [1.54, 1.807) is 0 Å². The highest BCUT2D eigenvalue weighted by atomic mass is 15.2. The van der Waals surface area contributed by atoms with Gasteiger partial charge in [-0.1, -0.05) is 360 Å². The number of hydrogen-bond donors (Lipinski definition) is 0. The van der Waals surface area contributed by atoms with Crippen molar-refractivity contribution >= 4 is 151 Å². The number of allylic oxidation sites excluding steroid dienone is 8. The maximum atomic E-state index is 2.34. The molecule has 0 N–H and O–H groups in total. The molecule has 0 spiro atoms. The fraction of sp³-hybridized carbons (Fsp3) is 0.0606. The molecule has 0 fully saturated rings. The summed E-state index contributed by atoms with van der Waals surface area (Å²) in [7, 11) is 0. The van der Waals surface area contributed by atoms with Crippen molar-refractivity contribution in [2.24, 2.45) is 0 Å². The highest BCUT2D eigenvalue weighted by Crippen LogP contribution is 2.44. The standard InChI is InChI=1S/C132H112N6/c1-97-25-61-115(62-26-97)133(116-63-27-98(2)28-64-116)123-77-41-105(42-78-123)17-9-13-21-109-49-85-127(86-50-109)137(128-87-51-110(52-88-128)22-14-10-18-106-43-79-124(80-44-106)134(117-65-29-99(3)30-66-117)118-67-31-100(4)32-68-118)131-93-57-113(58-94-131)114-59-95-132(96-60-114)138(129-89-53-111(54-90-129)23-15-11-19-107-45-81-125(82-46-107)135(119-69-33-101(5)34-70-119)120-71-35-102(6)36-72-120)130-91-55-112(56-92-130)24-16-12-20-108-47-83-126(84-48-108)136(121-73-37-103(7)38-74-121)122-75-39-104(8)40-76-122/h9-96H,1-8H3/b17-9+,18-10+,19-11+,20-12+,21-13+,22-14+,23-15+,24-16+. The van der Waals surface area contributed by atoms with Gasteiger partial charge >= 0.3 is 0 Å². The van der Waals surface area contributed by atoms with E-state index in [0.29, 0.717) is 0 Å². The van der Waals surface area contributed by atoms with Gasteiger partial charge in [0.1, 0.15) is 0 Å². The zero-order valence-electron chi connectivity index (χ0n) is 79.5. The molecule has 18 aromatic rings. The van der Waals surface area contributed by atoms with Crippen LogP contribution < -0.4 is 29.4 Å². The predicted molar refractivity (Wildman–Crippen MR) is 596 cm³/mol. The lowest BCUT2D eigenvalue weighted by molar-refractivity contribution is 1.27. The molecule has 0 saturated carbocycles. The van der Waals surface area contributed by atoms with E-state index < -0.39 is 0 Å². The molecule has 0 atom stereocenters. The Hall–Kier alpha value is -17.3. The van der Waals surface area contributed by atoms with Crippen LogP contribution in [-0.2, 0) is 0 Å². The van der Waals surface area contributed by atoms with Crippen LogP contribution >= 0.6 is 0 Å². The van der Waals surface area contributed by atoms with Crippen LogP contribution in [0, 0.1) is 55.4 Å². The molecular formula is C132H112N6.